The molecule has 102 valence electrons. The topological polar surface area (TPSA) is 72.2 Å². The molecule has 0 bridgehead atoms. The van der Waals surface area contributed by atoms with E-state index in [9.17, 15) is 4.79 Å². The number of para-hydroxylation sites is 1. The second-order valence-corrected chi connectivity index (χ2v) is 5.62. The number of hydrogen-bond acceptors (Lipinski definition) is 5. The van der Waals surface area contributed by atoms with Crippen LogP contribution >= 0.6 is 11.3 Å². The van der Waals surface area contributed by atoms with Gasteiger partial charge in [-0.25, -0.2) is 0 Å². The Bertz CT molecular complexity index is 732. The summed E-state index contributed by atoms with van der Waals surface area (Å²) in [6.45, 7) is 4.18. The van der Waals surface area contributed by atoms with Gasteiger partial charge in [-0.15, -0.1) is 15.3 Å². The zero-order valence-corrected chi connectivity index (χ0v) is 11.9. The molecule has 0 aliphatic rings. The molecule has 2 aromatic heterocycles. The Morgan fingerprint density at radius 3 is 2.90 bits per heavy atom. The van der Waals surface area contributed by atoms with Gasteiger partial charge in [0, 0.05) is 5.69 Å². The van der Waals surface area contributed by atoms with Crippen LogP contribution in [0.3, 0.4) is 0 Å². The number of hydrogen-bond donors (Lipinski definition) is 1. The van der Waals surface area contributed by atoms with Gasteiger partial charge in [0.2, 0.25) is 9.97 Å². The van der Waals surface area contributed by atoms with Gasteiger partial charge in [0.1, 0.15) is 6.33 Å². The highest BCUT2D eigenvalue weighted by Crippen LogP contribution is 2.24. The predicted octanol–water partition coefficient (Wildman–Crippen LogP) is 2.56. The number of benzene rings is 1. The van der Waals surface area contributed by atoms with E-state index in [-0.39, 0.29) is 5.91 Å². The fourth-order valence-electron chi connectivity index (χ4n) is 1.94. The summed E-state index contributed by atoms with van der Waals surface area (Å²) in [6, 6.07) is 7.78. The molecule has 0 saturated carbocycles. The molecule has 2 heterocycles. The van der Waals surface area contributed by atoms with Crippen molar-refractivity contribution < 1.29 is 4.79 Å². The van der Waals surface area contributed by atoms with Crippen molar-refractivity contribution in [2.24, 2.45) is 0 Å². The van der Waals surface area contributed by atoms with Crippen molar-refractivity contribution in [3.8, 4) is 0 Å². The summed E-state index contributed by atoms with van der Waals surface area (Å²) in [5.41, 5.74) is 1.92. The van der Waals surface area contributed by atoms with Crippen LogP contribution in [0.1, 0.15) is 35.1 Å². The van der Waals surface area contributed by atoms with Crippen LogP contribution in [0.2, 0.25) is 0 Å². The molecule has 20 heavy (non-hydrogen) atoms. The van der Waals surface area contributed by atoms with Gasteiger partial charge in [0.05, 0.1) is 0 Å². The summed E-state index contributed by atoms with van der Waals surface area (Å²) < 4.78 is 1.49. The van der Waals surface area contributed by atoms with E-state index >= 15 is 0 Å². The molecule has 0 aliphatic heterocycles. The van der Waals surface area contributed by atoms with Crippen LogP contribution in [-0.2, 0) is 0 Å². The van der Waals surface area contributed by atoms with E-state index in [1.807, 2.05) is 24.3 Å². The lowest BCUT2D eigenvalue weighted by Crippen LogP contribution is -2.13. The van der Waals surface area contributed by atoms with Crippen LogP contribution in [-0.4, -0.2) is 25.7 Å². The van der Waals surface area contributed by atoms with E-state index in [0.717, 1.165) is 11.3 Å². The van der Waals surface area contributed by atoms with Gasteiger partial charge < -0.3 is 5.32 Å². The standard InChI is InChI=1S/C13H13N5OS/c1-8(2)9-5-3-4-6-10(9)15-11(19)12-17-18-7-14-16-13(18)20-12/h3-8H,1-2H3,(H,15,19). The quantitative estimate of drug-likeness (QED) is 0.803. The first-order valence-corrected chi connectivity index (χ1v) is 7.04. The monoisotopic (exact) mass is 287 g/mol. The highest BCUT2D eigenvalue weighted by molar-refractivity contribution is 7.18. The van der Waals surface area contributed by atoms with Crippen LogP contribution in [0.4, 0.5) is 5.69 Å². The second-order valence-electron chi connectivity index (χ2n) is 4.66. The second kappa shape index (κ2) is 5.01. The number of carbonyl (C=O) groups is 1. The number of amides is 1. The Hall–Kier alpha value is -2.28. The van der Waals surface area contributed by atoms with E-state index in [1.54, 1.807) is 0 Å². The molecule has 1 N–H and O–H groups in total. The molecule has 0 aliphatic carbocycles. The first-order chi connectivity index (χ1) is 9.65. The zero-order valence-electron chi connectivity index (χ0n) is 11.1. The maximum Gasteiger partial charge on any atom is 0.286 e. The minimum absolute atomic E-state index is 0.228. The molecule has 0 unspecified atom stereocenters. The molecular formula is C13H13N5OS. The summed E-state index contributed by atoms with van der Waals surface area (Å²) in [7, 11) is 0. The predicted molar refractivity (Wildman–Crippen MR) is 77.1 cm³/mol. The van der Waals surface area contributed by atoms with E-state index in [1.165, 1.54) is 22.2 Å². The number of rotatable bonds is 3. The fourth-order valence-corrected chi connectivity index (χ4v) is 2.66. The molecule has 3 rings (SSSR count). The Balaban J connectivity index is 1.87. The largest absolute Gasteiger partial charge is 0.320 e. The van der Waals surface area contributed by atoms with Gasteiger partial charge in [-0.3, -0.25) is 4.79 Å². The fraction of sp³-hybridized carbons (Fsp3) is 0.231. The lowest BCUT2D eigenvalue weighted by atomic mass is 10.0. The molecule has 0 spiro atoms. The third-order valence-electron chi connectivity index (χ3n) is 2.91. The van der Waals surface area contributed by atoms with E-state index < -0.39 is 0 Å². The SMILES string of the molecule is CC(C)c1ccccc1NC(=O)c1nn2cnnc2s1. The van der Waals surface area contributed by atoms with Gasteiger partial charge in [0.25, 0.3) is 5.91 Å². The van der Waals surface area contributed by atoms with Crippen LogP contribution in [0.5, 0.6) is 0 Å². The van der Waals surface area contributed by atoms with Crippen molar-refractivity contribution >= 4 is 27.9 Å². The van der Waals surface area contributed by atoms with Crippen molar-refractivity contribution in [3.63, 3.8) is 0 Å². The van der Waals surface area contributed by atoms with Gasteiger partial charge in [0.15, 0.2) is 0 Å². The number of nitrogens with zero attached hydrogens (tertiary/aromatic N) is 4. The molecule has 0 fully saturated rings. The lowest BCUT2D eigenvalue weighted by molar-refractivity contribution is 0.102. The first kappa shape index (κ1) is 12.7. The number of aromatic nitrogens is 4. The van der Waals surface area contributed by atoms with Crippen molar-refractivity contribution in [3.05, 3.63) is 41.2 Å². The van der Waals surface area contributed by atoms with Crippen LogP contribution < -0.4 is 5.32 Å². The smallest absolute Gasteiger partial charge is 0.286 e. The average Bonchev–Trinajstić information content (AvgIpc) is 2.99. The van der Waals surface area contributed by atoms with Crippen LogP contribution in [0.15, 0.2) is 30.6 Å². The number of carbonyl (C=O) groups excluding carboxylic acids is 1. The molecular weight excluding hydrogens is 274 g/mol. The van der Waals surface area contributed by atoms with Gasteiger partial charge in [-0.2, -0.15) is 4.52 Å². The van der Waals surface area contributed by atoms with Crippen molar-refractivity contribution in [2.75, 3.05) is 5.32 Å². The molecule has 1 aromatic carbocycles. The minimum Gasteiger partial charge on any atom is -0.320 e. The normalized spacial score (nSPS) is 11.2. The molecule has 0 radical (unpaired) electrons. The Morgan fingerprint density at radius 2 is 2.15 bits per heavy atom. The summed E-state index contributed by atoms with van der Waals surface area (Å²) in [5, 5.41) is 15.0. The van der Waals surface area contributed by atoms with Gasteiger partial charge in [-0.1, -0.05) is 43.4 Å². The van der Waals surface area contributed by atoms with E-state index in [2.05, 4.69) is 34.5 Å². The molecule has 6 nitrogen and oxygen atoms in total. The maximum atomic E-state index is 12.2. The highest BCUT2D eigenvalue weighted by atomic mass is 32.1. The number of nitrogens with one attached hydrogen (secondary N) is 1. The Kier molecular flexibility index (Phi) is 3.19. The zero-order chi connectivity index (χ0) is 14.1. The highest BCUT2D eigenvalue weighted by Gasteiger charge is 2.15. The first-order valence-electron chi connectivity index (χ1n) is 6.22. The molecule has 3 aromatic rings. The molecule has 0 saturated heterocycles. The van der Waals surface area contributed by atoms with E-state index in [4.69, 9.17) is 0 Å². The Morgan fingerprint density at radius 1 is 1.35 bits per heavy atom. The summed E-state index contributed by atoms with van der Waals surface area (Å²) >= 11 is 1.21. The summed E-state index contributed by atoms with van der Waals surface area (Å²) in [5.74, 6) is 0.109. The number of anilines is 1. The van der Waals surface area contributed by atoms with Gasteiger partial charge >= 0.3 is 0 Å². The number of fused-ring (bicyclic) bond motifs is 1. The van der Waals surface area contributed by atoms with Crippen molar-refractivity contribution in [2.45, 2.75) is 19.8 Å². The van der Waals surface area contributed by atoms with Crippen LogP contribution in [0, 0.1) is 0 Å². The third-order valence-corrected chi connectivity index (χ3v) is 3.82. The molecule has 7 heteroatoms. The minimum atomic E-state index is -0.228. The lowest BCUT2D eigenvalue weighted by Gasteiger charge is -2.12. The summed E-state index contributed by atoms with van der Waals surface area (Å²) in [6.07, 6.45) is 1.48. The van der Waals surface area contributed by atoms with E-state index in [0.29, 0.717) is 15.9 Å². The van der Waals surface area contributed by atoms with Crippen LogP contribution in [0.25, 0.3) is 4.96 Å². The van der Waals surface area contributed by atoms with Crippen molar-refractivity contribution in [1.29, 1.82) is 0 Å². The average molecular weight is 287 g/mol. The van der Waals surface area contributed by atoms with Gasteiger partial charge in [-0.05, 0) is 17.5 Å². The third kappa shape index (κ3) is 2.27. The molecule has 1 amide bonds. The summed E-state index contributed by atoms with van der Waals surface area (Å²) in [4.78, 5) is 12.8. The van der Waals surface area contributed by atoms with Crippen molar-refractivity contribution in [1.82, 2.24) is 19.8 Å². The Labute approximate surface area is 119 Å². The molecule has 0 atom stereocenters. The maximum absolute atomic E-state index is 12.2.